The molecule has 3 N–H and O–H groups in total. The SMILES string of the molecule is O=C(O)CCNC(=O)c1ccc(CN(NC(=O)c2ccc(OC(F)(F)F)cc2)C2CC3CC2C2CCCC32)cc1. The summed E-state index contributed by atoms with van der Waals surface area (Å²) in [5, 5.41) is 13.3. The Morgan fingerprint density at radius 1 is 0.900 bits per heavy atom. The maximum atomic E-state index is 13.2. The normalized spacial score (nSPS) is 25.1. The number of nitrogens with zero attached hydrogens (tertiary/aromatic N) is 1. The molecule has 0 saturated heterocycles. The summed E-state index contributed by atoms with van der Waals surface area (Å²) < 4.78 is 41.5. The lowest BCUT2D eigenvalue weighted by Gasteiger charge is -2.39. The number of carbonyl (C=O) groups excluding carboxylic acids is 2. The number of carbonyl (C=O) groups is 3. The van der Waals surface area contributed by atoms with Gasteiger partial charge in [-0.1, -0.05) is 18.6 Å². The van der Waals surface area contributed by atoms with Crippen LogP contribution in [0.25, 0.3) is 0 Å². The van der Waals surface area contributed by atoms with E-state index in [0.29, 0.717) is 29.9 Å². The minimum atomic E-state index is -4.81. The predicted molar refractivity (Wildman–Crippen MR) is 138 cm³/mol. The highest BCUT2D eigenvalue weighted by atomic mass is 19.4. The molecule has 40 heavy (non-hydrogen) atoms. The molecule has 3 aliphatic rings. The van der Waals surface area contributed by atoms with E-state index in [1.807, 2.05) is 5.01 Å². The predicted octanol–water partition coefficient (Wildman–Crippen LogP) is 4.76. The molecule has 0 aliphatic heterocycles. The molecule has 2 amide bonds. The first-order chi connectivity index (χ1) is 19.1. The van der Waals surface area contributed by atoms with Crippen LogP contribution < -0.4 is 15.5 Å². The molecule has 2 aromatic rings. The first-order valence-corrected chi connectivity index (χ1v) is 13.6. The van der Waals surface area contributed by atoms with Gasteiger partial charge in [-0.05, 0) is 91.3 Å². The van der Waals surface area contributed by atoms with Crippen LogP contribution in [0.4, 0.5) is 13.2 Å². The zero-order chi connectivity index (χ0) is 28.4. The number of carboxylic acid groups (broad SMARTS) is 1. The minimum absolute atomic E-state index is 0.0332. The molecule has 11 heteroatoms. The van der Waals surface area contributed by atoms with Gasteiger partial charge >= 0.3 is 12.3 Å². The molecule has 5 rings (SSSR count). The molecule has 3 saturated carbocycles. The number of alkyl halides is 3. The smallest absolute Gasteiger partial charge is 0.481 e. The van der Waals surface area contributed by atoms with Crippen molar-refractivity contribution in [2.45, 2.75) is 57.5 Å². The summed E-state index contributed by atoms with van der Waals surface area (Å²) in [6.45, 7) is 0.429. The average Bonchev–Trinajstić information content (AvgIpc) is 3.62. The second kappa shape index (κ2) is 11.5. The van der Waals surface area contributed by atoms with E-state index in [9.17, 15) is 27.6 Å². The molecule has 0 radical (unpaired) electrons. The number of amides is 2. The maximum absolute atomic E-state index is 13.2. The Bertz CT molecular complexity index is 1230. The van der Waals surface area contributed by atoms with Gasteiger partial charge in [0, 0.05) is 30.3 Å². The van der Waals surface area contributed by atoms with Gasteiger partial charge in [-0.25, -0.2) is 5.01 Å². The summed E-state index contributed by atoms with van der Waals surface area (Å²) in [5.74, 6) is 0.353. The standard InChI is InChI=1S/C29H32F3N3O5/c30-29(31,32)40-21-10-8-19(9-11-21)28(39)34-35(25-15-20-14-24(25)23-3-1-2-22(20)23)16-17-4-6-18(7-5-17)27(38)33-13-12-26(36)37/h4-11,20,22-25H,1-3,12-16H2,(H,33,38)(H,34,39)(H,36,37). The van der Waals surface area contributed by atoms with Crippen molar-refractivity contribution in [3.8, 4) is 5.75 Å². The summed E-state index contributed by atoms with van der Waals surface area (Å²) in [4.78, 5) is 36.2. The zero-order valence-corrected chi connectivity index (χ0v) is 21.8. The van der Waals surface area contributed by atoms with E-state index in [1.54, 1.807) is 24.3 Å². The van der Waals surface area contributed by atoms with E-state index in [2.05, 4.69) is 15.5 Å². The number of aliphatic carboxylic acids is 1. The van der Waals surface area contributed by atoms with Crippen molar-refractivity contribution in [1.29, 1.82) is 0 Å². The Morgan fingerprint density at radius 2 is 1.55 bits per heavy atom. The molecule has 3 aliphatic carbocycles. The number of halogens is 3. The molecular weight excluding hydrogens is 527 g/mol. The van der Waals surface area contributed by atoms with Gasteiger partial charge in [-0.15, -0.1) is 13.2 Å². The largest absolute Gasteiger partial charge is 0.573 e. The number of fused-ring (bicyclic) bond motifs is 5. The highest BCUT2D eigenvalue weighted by molar-refractivity contribution is 5.94. The van der Waals surface area contributed by atoms with Crippen LogP contribution in [-0.2, 0) is 11.3 Å². The quantitative estimate of drug-likeness (QED) is 0.363. The van der Waals surface area contributed by atoms with Crippen molar-refractivity contribution in [2.24, 2.45) is 23.7 Å². The molecule has 5 unspecified atom stereocenters. The van der Waals surface area contributed by atoms with Crippen LogP contribution in [0.1, 0.15) is 64.8 Å². The van der Waals surface area contributed by atoms with Crippen molar-refractivity contribution in [3.63, 3.8) is 0 Å². The monoisotopic (exact) mass is 559 g/mol. The number of hydrogen-bond acceptors (Lipinski definition) is 5. The van der Waals surface area contributed by atoms with E-state index < -0.39 is 24.0 Å². The summed E-state index contributed by atoms with van der Waals surface area (Å²) in [6, 6.07) is 11.9. The van der Waals surface area contributed by atoms with E-state index >= 15 is 0 Å². The minimum Gasteiger partial charge on any atom is -0.481 e. The van der Waals surface area contributed by atoms with Crippen LogP contribution in [0, 0.1) is 23.7 Å². The third-order valence-corrected chi connectivity index (χ3v) is 8.58. The number of nitrogens with one attached hydrogen (secondary N) is 2. The Kier molecular flexibility index (Phi) is 8.02. The molecule has 0 aromatic heterocycles. The second-order valence-corrected chi connectivity index (χ2v) is 11.0. The maximum Gasteiger partial charge on any atom is 0.573 e. The molecule has 8 nitrogen and oxygen atoms in total. The van der Waals surface area contributed by atoms with Crippen LogP contribution in [-0.4, -0.2) is 46.8 Å². The highest BCUT2D eigenvalue weighted by Crippen LogP contribution is 2.59. The first-order valence-electron chi connectivity index (χ1n) is 13.6. The first kappa shape index (κ1) is 27.9. The van der Waals surface area contributed by atoms with E-state index in [4.69, 9.17) is 5.11 Å². The van der Waals surface area contributed by atoms with Crippen LogP contribution >= 0.6 is 0 Å². The van der Waals surface area contributed by atoms with Gasteiger partial charge < -0.3 is 15.2 Å². The van der Waals surface area contributed by atoms with Gasteiger partial charge in [-0.2, -0.15) is 0 Å². The Hall–Kier alpha value is -3.60. The molecule has 2 aromatic carbocycles. The fraction of sp³-hybridized carbons (Fsp3) is 0.483. The molecule has 0 heterocycles. The molecule has 5 atom stereocenters. The van der Waals surface area contributed by atoms with Crippen LogP contribution in [0.3, 0.4) is 0 Å². The Labute approximate surface area is 229 Å². The van der Waals surface area contributed by atoms with Crippen molar-refractivity contribution in [1.82, 2.24) is 15.8 Å². The second-order valence-electron chi connectivity index (χ2n) is 11.0. The number of hydrazine groups is 1. The van der Waals surface area contributed by atoms with Gasteiger partial charge in [0.15, 0.2) is 0 Å². The molecular formula is C29H32F3N3O5. The lowest BCUT2D eigenvalue weighted by Crippen LogP contribution is -2.51. The number of carboxylic acids is 1. The van der Waals surface area contributed by atoms with Crippen molar-refractivity contribution >= 4 is 17.8 Å². The Balaban J connectivity index is 1.29. The Morgan fingerprint density at radius 3 is 2.23 bits per heavy atom. The van der Waals surface area contributed by atoms with Gasteiger partial charge in [0.2, 0.25) is 0 Å². The third-order valence-electron chi connectivity index (χ3n) is 8.58. The van der Waals surface area contributed by atoms with Gasteiger partial charge in [0.25, 0.3) is 11.8 Å². The van der Waals surface area contributed by atoms with Crippen molar-refractivity contribution in [3.05, 3.63) is 65.2 Å². The van der Waals surface area contributed by atoms with Gasteiger partial charge in [-0.3, -0.25) is 19.8 Å². The topological polar surface area (TPSA) is 108 Å². The summed E-state index contributed by atoms with van der Waals surface area (Å²) in [5.41, 5.74) is 4.53. The zero-order valence-electron chi connectivity index (χ0n) is 21.8. The molecule has 0 spiro atoms. The lowest BCUT2D eigenvalue weighted by molar-refractivity contribution is -0.274. The number of benzene rings is 2. The van der Waals surface area contributed by atoms with Crippen molar-refractivity contribution in [2.75, 3.05) is 6.54 Å². The fourth-order valence-electron chi connectivity index (χ4n) is 6.98. The molecule has 3 fully saturated rings. The van der Waals surface area contributed by atoms with Crippen LogP contribution in [0.2, 0.25) is 0 Å². The fourth-order valence-corrected chi connectivity index (χ4v) is 6.98. The average molecular weight is 560 g/mol. The summed E-state index contributed by atoms with van der Waals surface area (Å²) in [7, 11) is 0. The van der Waals surface area contributed by atoms with E-state index in [1.165, 1.54) is 31.4 Å². The molecule has 214 valence electrons. The number of ether oxygens (including phenoxy) is 1. The van der Waals surface area contributed by atoms with E-state index in [0.717, 1.165) is 36.5 Å². The number of hydrogen-bond donors (Lipinski definition) is 3. The molecule has 2 bridgehead atoms. The van der Waals surface area contributed by atoms with Gasteiger partial charge in [0.1, 0.15) is 5.75 Å². The van der Waals surface area contributed by atoms with E-state index in [-0.39, 0.29) is 30.5 Å². The highest BCUT2D eigenvalue weighted by Gasteiger charge is 2.55. The summed E-state index contributed by atoms with van der Waals surface area (Å²) in [6.07, 6.45) is 0.866. The third kappa shape index (κ3) is 6.41. The van der Waals surface area contributed by atoms with Crippen LogP contribution in [0.5, 0.6) is 5.75 Å². The van der Waals surface area contributed by atoms with Gasteiger partial charge in [0.05, 0.1) is 6.42 Å². The number of rotatable bonds is 10. The summed E-state index contributed by atoms with van der Waals surface area (Å²) >= 11 is 0. The van der Waals surface area contributed by atoms with Crippen LogP contribution in [0.15, 0.2) is 48.5 Å². The lowest BCUT2D eigenvalue weighted by atomic mass is 9.79. The van der Waals surface area contributed by atoms with Crippen molar-refractivity contribution < 1.29 is 37.4 Å².